The largest absolute Gasteiger partial charge is 0.322 e. The number of anilines is 2. The first-order chi connectivity index (χ1) is 12.1. The Kier molecular flexibility index (Phi) is 4.28. The average molecular weight is 341 g/mol. The predicted octanol–water partition coefficient (Wildman–Crippen LogP) is 3.16. The van der Waals surface area contributed by atoms with Crippen LogP contribution in [0.3, 0.4) is 0 Å². The van der Waals surface area contributed by atoms with Crippen LogP contribution in [0.2, 0.25) is 0 Å². The average Bonchev–Trinajstić information content (AvgIpc) is 3.08. The first kappa shape index (κ1) is 16.6. The van der Waals surface area contributed by atoms with E-state index in [9.17, 15) is 9.59 Å². The summed E-state index contributed by atoms with van der Waals surface area (Å²) in [5, 5.41) is 3.04. The first-order valence-corrected chi connectivity index (χ1v) is 9.59. The third kappa shape index (κ3) is 2.74. The van der Waals surface area contributed by atoms with Crippen LogP contribution >= 0.6 is 0 Å². The number of fused-ring (bicyclic) bond motifs is 1. The van der Waals surface area contributed by atoms with Gasteiger partial charge in [-0.1, -0.05) is 31.4 Å². The highest BCUT2D eigenvalue weighted by molar-refractivity contribution is 6.15. The van der Waals surface area contributed by atoms with Gasteiger partial charge in [0.25, 0.3) is 5.91 Å². The van der Waals surface area contributed by atoms with Gasteiger partial charge in [0.2, 0.25) is 5.91 Å². The van der Waals surface area contributed by atoms with E-state index in [-0.39, 0.29) is 11.8 Å². The molecule has 1 N–H and O–H groups in total. The first-order valence-electron chi connectivity index (χ1n) is 9.59. The van der Waals surface area contributed by atoms with Crippen molar-refractivity contribution in [3.05, 3.63) is 24.3 Å². The molecule has 0 aromatic heterocycles. The molecule has 5 nitrogen and oxygen atoms in total. The molecule has 25 heavy (non-hydrogen) atoms. The minimum Gasteiger partial charge on any atom is -0.322 e. The Hall–Kier alpha value is -1.88. The lowest BCUT2D eigenvalue weighted by Gasteiger charge is -2.45. The zero-order valence-corrected chi connectivity index (χ0v) is 15.0. The van der Waals surface area contributed by atoms with E-state index in [1.807, 2.05) is 29.2 Å². The fraction of sp³-hybridized carbons (Fsp3) is 0.600. The van der Waals surface area contributed by atoms with E-state index >= 15 is 0 Å². The molecule has 0 bridgehead atoms. The molecular formula is C20H27N3O2. The summed E-state index contributed by atoms with van der Waals surface area (Å²) in [4.78, 5) is 30.4. The number of para-hydroxylation sites is 2. The zero-order chi connectivity index (χ0) is 17.4. The third-order valence-electron chi connectivity index (χ3n) is 6.20. The van der Waals surface area contributed by atoms with Gasteiger partial charge in [-0.2, -0.15) is 0 Å². The van der Waals surface area contributed by atoms with Gasteiger partial charge in [0.1, 0.15) is 5.54 Å². The molecule has 1 aromatic rings. The normalized spacial score (nSPS) is 25.7. The van der Waals surface area contributed by atoms with Crippen molar-refractivity contribution in [2.24, 2.45) is 0 Å². The number of nitrogens with zero attached hydrogens (tertiary/aromatic N) is 2. The van der Waals surface area contributed by atoms with E-state index in [0.717, 1.165) is 56.4 Å². The van der Waals surface area contributed by atoms with Gasteiger partial charge in [-0.3, -0.25) is 19.4 Å². The van der Waals surface area contributed by atoms with Gasteiger partial charge >= 0.3 is 0 Å². The number of nitrogens with one attached hydrogen (secondary N) is 1. The van der Waals surface area contributed by atoms with Crippen molar-refractivity contribution in [2.45, 2.75) is 63.5 Å². The summed E-state index contributed by atoms with van der Waals surface area (Å²) in [6, 6.07) is 8.14. The second-order valence-corrected chi connectivity index (χ2v) is 7.75. The van der Waals surface area contributed by atoms with Crippen LogP contribution < -0.4 is 10.2 Å². The summed E-state index contributed by atoms with van der Waals surface area (Å²) in [5.41, 5.74) is 0.925. The lowest BCUT2D eigenvalue weighted by Crippen LogP contribution is -2.62. The molecule has 1 saturated carbocycles. The van der Waals surface area contributed by atoms with Crippen LogP contribution in [-0.4, -0.2) is 41.4 Å². The second-order valence-electron chi connectivity index (χ2n) is 7.75. The minimum atomic E-state index is -0.690. The summed E-state index contributed by atoms with van der Waals surface area (Å²) in [7, 11) is 0. The van der Waals surface area contributed by atoms with Crippen molar-refractivity contribution in [3.8, 4) is 0 Å². The summed E-state index contributed by atoms with van der Waals surface area (Å²) < 4.78 is 0. The van der Waals surface area contributed by atoms with E-state index in [0.29, 0.717) is 12.6 Å². The van der Waals surface area contributed by atoms with Crippen molar-refractivity contribution in [2.75, 3.05) is 23.3 Å². The topological polar surface area (TPSA) is 52.7 Å². The Morgan fingerprint density at radius 3 is 2.72 bits per heavy atom. The van der Waals surface area contributed by atoms with Gasteiger partial charge in [-0.25, -0.2) is 0 Å². The van der Waals surface area contributed by atoms with Crippen molar-refractivity contribution in [1.29, 1.82) is 0 Å². The van der Waals surface area contributed by atoms with E-state index in [4.69, 9.17) is 0 Å². The molecule has 1 spiro atoms. The van der Waals surface area contributed by atoms with E-state index < -0.39 is 5.54 Å². The number of carbonyl (C=O) groups is 2. The summed E-state index contributed by atoms with van der Waals surface area (Å²) in [5.74, 6) is 0.0571. The third-order valence-corrected chi connectivity index (χ3v) is 6.20. The molecule has 1 atom stereocenters. The maximum atomic E-state index is 13.4. The molecule has 1 aromatic carbocycles. The van der Waals surface area contributed by atoms with E-state index in [1.165, 1.54) is 6.42 Å². The Bertz CT molecular complexity index is 681. The molecule has 0 radical (unpaired) electrons. The molecule has 1 aliphatic carbocycles. The highest BCUT2D eigenvalue weighted by atomic mass is 16.2. The lowest BCUT2D eigenvalue weighted by molar-refractivity contribution is -0.128. The summed E-state index contributed by atoms with van der Waals surface area (Å²) >= 11 is 0. The number of amides is 2. The Balaban J connectivity index is 1.68. The minimum absolute atomic E-state index is 0.0104. The number of benzene rings is 1. The van der Waals surface area contributed by atoms with Crippen LogP contribution in [0.4, 0.5) is 11.4 Å². The zero-order valence-electron chi connectivity index (χ0n) is 15.0. The second kappa shape index (κ2) is 6.45. The van der Waals surface area contributed by atoms with E-state index in [1.54, 1.807) is 0 Å². The number of rotatable bonds is 2. The van der Waals surface area contributed by atoms with Crippen molar-refractivity contribution in [3.63, 3.8) is 0 Å². The molecule has 134 valence electrons. The smallest absolute Gasteiger partial charge is 0.250 e. The number of carbonyl (C=O) groups excluding carboxylic acids is 2. The summed E-state index contributed by atoms with van der Waals surface area (Å²) in [6.45, 7) is 3.58. The molecule has 2 heterocycles. The number of hydrogen-bond acceptors (Lipinski definition) is 3. The highest BCUT2D eigenvalue weighted by Crippen LogP contribution is 2.45. The maximum Gasteiger partial charge on any atom is 0.250 e. The van der Waals surface area contributed by atoms with Crippen LogP contribution in [0.15, 0.2) is 24.3 Å². The fourth-order valence-electron chi connectivity index (χ4n) is 4.77. The molecule has 1 saturated heterocycles. The lowest BCUT2D eigenvalue weighted by atomic mass is 9.89. The van der Waals surface area contributed by atoms with Crippen LogP contribution in [0.1, 0.15) is 51.9 Å². The number of likely N-dealkylation sites (tertiary alicyclic amines) is 1. The molecule has 3 aliphatic rings. The van der Waals surface area contributed by atoms with Gasteiger partial charge in [0, 0.05) is 6.04 Å². The molecule has 2 fully saturated rings. The molecule has 4 rings (SSSR count). The molecule has 5 heteroatoms. The standard InChI is InChI=1S/C20H27N3O2/c1-15-8-4-7-13-22(15)14-18(24)23-17-10-3-2-9-16(17)21-19(25)20(23)11-5-6-12-20/h2-3,9-10,15H,4-8,11-14H2,1H3,(H,21,25)/t15-/m1/s1. The van der Waals surface area contributed by atoms with Gasteiger partial charge in [-0.05, 0) is 51.3 Å². The fourth-order valence-corrected chi connectivity index (χ4v) is 4.77. The highest BCUT2D eigenvalue weighted by Gasteiger charge is 2.52. The van der Waals surface area contributed by atoms with Gasteiger partial charge in [0.15, 0.2) is 0 Å². The SMILES string of the molecule is C[C@@H]1CCCCN1CC(=O)N1c2ccccc2NC(=O)C12CCCC2. The van der Waals surface area contributed by atoms with E-state index in [2.05, 4.69) is 17.1 Å². The van der Waals surface area contributed by atoms with Crippen LogP contribution in [-0.2, 0) is 9.59 Å². The van der Waals surface area contributed by atoms with Gasteiger partial charge < -0.3 is 5.32 Å². The van der Waals surface area contributed by atoms with Crippen molar-refractivity contribution in [1.82, 2.24) is 4.90 Å². The van der Waals surface area contributed by atoms with Gasteiger partial charge in [0.05, 0.1) is 17.9 Å². The maximum absolute atomic E-state index is 13.4. The number of piperidine rings is 1. The number of hydrogen-bond donors (Lipinski definition) is 1. The Morgan fingerprint density at radius 2 is 1.96 bits per heavy atom. The monoisotopic (exact) mass is 341 g/mol. The quantitative estimate of drug-likeness (QED) is 0.899. The van der Waals surface area contributed by atoms with Crippen molar-refractivity contribution >= 4 is 23.2 Å². The molecule has 2 aliphatic heterocycles. The van der Waals surface area contributed by atoms with Crippen LogP contribution in [0.5, 0.6) is 0 Å². The predicted molar refractivity (Wildman–Crippen MR) is 98.6 cm³/mol. The Labute approximate surface area is 149 Å². The van der Waals surface area contributed by atoms with Gasteiger partial charge in [-0.15, -0.1) is 0 Å². The van der Waals surface area contributed by atoms with Crippen LogP contribution in [0, 0.1) is 0 Å². The van der Waals surface area contributed by atoms with Crippen molar-refractivity contribution < 1.29 is 9.59 Å². The summed E-state index contributed by atoms with van der Waals surface area (Å²) in [6.07, 6.45) is 7.06. The Morgan fingerprint density at radius 1 is 1.20 bits per heavy atom. The molecular weight excluding hydrogens is 314 g/mol. The van der Waals surface area contributed by atoms with Crippen LogP contribution in [0.25, 0.3) is 0 Å². The molecule has 2 amide bonds. The molecule has 0 unspecified atom stereocenters.